The average molecular weight is 443 g/mol. The van der Waals surface area contributed by atoms with Crippen LogP contribution in [0.4, 0.5) is 0 Å². The minimum Gasteiger partial charge on any atom is -0.377 e. The van der Waals surface area contributed by atoms with Gasteiger partial charge in [-0.1, -0.05) is 19.3 Å². The van der Waals surface area contributed by atoms with E-state index in [0.717, 1.165) is 44.4 Å². The number of nitrogens with zero attached hydrogens (tertiary/aromatic N) is 1. The van der Waals surface area contributed by atoms with E-state index in [1.165, 1.54) is 19.3 Å². The summed E-state index contributed by atoms with van der Waals surface area (Å²) in [6, 6.07) is 1.77. The second-order valence-corrected chi connectivity index (χ2v) is 13.0. The standard InChI is InChI=1S/C10H25NO3Si.C8H21NO3Si/c1-12-15(13-2,14-3)10-8-6-4-5-7-9-11;1-9(2)7-6-8-13(10-3,11-4)12-5/h4-11H2,1-3H3;6-8H2,1-5H3. The molecule has 0 heterocycles. The topological polar surface area (TPSA) is 84.6 Å². The second kappa shape index (κ2) is 19.1. The van der Waals surface area contributed by atoms with Crippen LogP contribution in [0.15, 0.2) is 0 Å². The van der Waals surface area contributed by atoms with E-state index in [1.54, 1.807) is 42.7 Å². The zero-order valence-electron chi connectivity index (χ0n) is 19.5. The fraction of sp³-hybridized carbons (Fsp3) is 1.00. The molecule has 0 aliphatic carbocycles. The first-order valence-electron chi connectivity index (χ1n) is 10.0. The van der Waals surface area contributed by atoms with Crippen LogP contribution in [-0.4, -0.2) is 92.4 Å². The maximum atomic E-state index is 5.42. The molecular weight excluding hydrogens is 396 g/mol. The molecule has 0 unspecified atom stereocenters. The summed E-state index contributed by atoms with van der Waals surface area (Å²) in [5.74, 6) is 0. The zero-order chi connectivity index (χ0) is 21.9. The third-order valence-electron chi connectivity index (χ3n) is 4.64. The Morgan fingerprint density at radius 2 is 0.929 bits per heavy atom. The summed E-state index contributed by atoms with van der Waals surface area (Å²) in [6.07, 6.45) is 6.92. The molecule has 0 spiro atoms. The van der Waals surface area contributed by atoms with Crippen LogP contribution in [0.3, 0.4) is 0 Å². The minimum atomic E-state index is -2.31. The Hall–Kier alpha value is 0.114. The molecule has 10 heteroatoms. The molecule has 0 aromatic heterocycles. The van der Waals surface area contributed by atoms with Gasteiger partial charge in [-0.3, -0.25) is 0 Å². The van der Waals surface area contributed by atoms with Crippen molar-refractivity contribution in [2.24, 2.45) is 5.73 Å². The lowest BCUT2D eigenvalue weighted by Gasteiger charge is -2.24. The molecule has 0 rings (SSSR count). The largest absolute Gasteiger partial charge is 0.500 e. The van der Waals surface area contributed by atoms with Gasteiger partial charge in [0.15, 0.2) is 0 Å². The highest BCUT2D eigenvalue weighted by atomic mass is 28.4. The Morgan fingerprint density at radius 3 is 1.29 bits per heavy atom. The Kier molecular flexibility index (Phi) is 20.7. The molecule has 0 aliphatic rings. The predicted octanol–water partition coefficient (Wildman–Crippen LogP) is 2.59. The van der Waals surface area contributed by atoms with Crippen molar-refractivity contribution in [1.29, 1.82) is 0 Å². The van der Waals surface area contributed by atoms with E-state index in [2.05, 4.69) is 19.0 Å². The lowest BCUT2D eigenvalue weighted by atomic mass is 10.2. The smallest absolute Gasteiger partial charge is 0.377 e. The van der Waals surface area contributed by atoms with Gasteiger partial charge >= 0.3 is 17.6 Å². The maximum absolute atomic E-state index is 5.42. The summed E-state index contributed by atoms with van der Waals surface area (Å²) in [5, 5.41) is 0. The molecule has 0 radical (unpaired) electrons. The van der Waals surface area contributed by atoms with E-state index < -0.39 is 17.6 Å². The summed E-state index contributed by atoms with van der Waals surface area (Å²) in [5.41, 5.74) is 5.42. The molecule has 172 valence electrons. The van der Waals surface area contributed by atoms with Crippen molar-refractivity contribution in [1.82, 2.24) is 4.90 Å². The summed E-state index contributed by atoms with van der Waals surface area (Å²) < 4.78 is 31.9. The van der Waals surface area contributed by atoms with Crippen molar-refractivity contribution in [3.8, 4) is 0 Å². The van der Waals surface area contributed by atoms with E-state index in [4.69, 9.17) is 32.3 Å². The van der Waals surface area contributed by atoms with Gasteiger partial charge < -0.3 is 37.2 Å². The van der Waals surface area contributed by atoms with Crippen molar-refractivity contribution < 1.29 is 26.6 Å². The first kappa shape index (κ1) is 30.3. The number of nitrogens with two attached hydrogens (primary N) is 1. The van der Waals surface area contributed by atoms with Crippen molar-refractivity contribution in [2.75, 3.05) is 69.8 Å². The van der Waals surface area contributed by atoms with Crippen LogP contribution in [0.1, 0.15) is 38.5 Å². The van der Waals surface area contributed by atoms with Crippen molar-refractivity contribution in [3.63, 3.8) is 0 Å². The third kappa shape index (κ3) is 14.2. The van der Waals surface area contributed by atoms with Crippen molar-refractivity contribution in [3.05, 3.63) is 0 Å². The monoisotopic (exact) mass is 442 g/mol. The van der Waals surface area contributed by atoms with Crippen LogP contribution in [0.5, 0.6) is 0 Å². The highest BCUT2D eigenvalue weighted by molar-refractivity contribution is 6.60. The molecule has 0 fully saturated rings. The molecule has 0 atom stereocenters. The van der Waals surface area contributed by atoms with Gasteiger partial charge in [0, 0.05) is 54.7 Å². The Labute approximate surface area is 175 Å². The van der Waals surface area contributed by atoms with Gasteiger partial charge in [0.1, 0.15) is 0 Å². The van der Waals surface area contributed by atoms with E-state index in [-0.39, 0.29) is 0 Å². The number of hydrogen-bond acceptors (Lipinski definition) is 8. The van der Waals surface area contributed by atoms with E-state index >= 15 is 0 Å². The van der Waals surface area contributed by atoms with Crippen LogP contribution in [-0.2, 0) is 26.6 Å². The van der Waals surface area contributed by atoms with Crippen LogP contribution < -0.4 is 5.73 Å². The normalized spacial score (nSPS) is 12.2. The van der Waals surface area contributed by atoms with Gasteiger partial charge in [-0.25, -0.2) is 0 Å². The summed E-state index contributed by atoms with van der Waals surface area (Å²) in [6.45, 7) is 1.83. The van der Waals surface area contributed by atoms with Gasteiger partial charge in [-0.2, -0.15) is 0 Å². The van der Waals surface area contributed by atoms with E-state index in [1.807, 2.05) is 0 Å². The first-order valence-corrected chi connectivity index (χ1v) is 13.9. The lowest BCUT2D eigenvalue weighted by molar-refractivity contribution is 0.122. The predicted molar refractivity (Wildman–Crippen MR) is 118 cm³/mol. The molecule has 0 saturated carbocycles. The zero-order valence-corrected chi connectivity index (χ0v) is 21.5. The maximum Gasteiger partial charge on any atom is 0.500 e. The summed E-state index contributed by atoms with van der Waals surface area (Å²) >= 11 is 0. The Bertz CT molecular complexity index is 317. The average Bonchev–Trinajstić information content (AvgIpc) is 2.72. The molecular formula is C18H46N2O6Si2. The van der Waals surface area contributed by atoms with Crippen LogP contribution in [0, 0.1) is 0 Å². The lowest BCUT2D eigenvalue weighted by Crippen LogP contribution is -2.43. The molecule has 2 N–H and O–H groups in total. The van der Waals surface area contributed by atoms with Crippen LogP contribution in [0.2, 0.25) is 12.1 Å². The molecule has 0 aliphatic heterocycles. The highest BCUT2D eigenvalue weighted by Crippen LogP contribution is 2.17. The second-order valence-electron chi connectivity index (χ2n) is 6.80. The van der Waals surface area contributed by atoms with Crippen LogP contribution >= 0.6 is 0 Å². The molecule has 28 heavy (non-hydrogen) atoms. The number of hydrogen-bond donors (Lipinski definition) is 1. The molecule has 8 nitrogen and oxygen atoms in total. The SMILES string of the molecule is CO[Si](CCCCCCCN)(OC)OC.CO[Si](CCCN(C)C)(OC)OC. The van der Waals surface area contributed by atoms with E-state index in [0.29, 0.717) is 0 Å². The fourth-order valence-electron chi connectivity index (χ4n) is 2.74. The van der Waals surface area contributed by atoms with Gasteiger partial charge in [0.2, 0.25) is 0 Å². The van der Waals surface area contributed by atoms with Crippen LogP contribution in [0.25, 0.3) is 0 Å². The van der Waals surface area contributed by atoms with Gasteiger partial charge in [0.25, 0.3) is 0 Å². The molecule has 0 aromatic carbocycles. The Balaban J connectivity index is 0. The highest BCUT2D eigenvalue weighted by Gasteiger charge is 2.37. The summed E-state index contributed by atoms with van der Waals surface area (Å²) in [4.78, 5) is 2.14. The molecule has 0 amide bonds. The van der Waals surface area contributed by atoms with E-state index in [9.17, 15) is 0 Å². The van der Waals surface area contributed by atoms with Gasteiger partial charge in [-0.05, 0) is 46.4 Å². The first-order chi connectivity index (χ1) is 13.3. The Morgan fingerprint density at radius 1 is 0.571 bits per heavy atom. The van der Waals surface area contributed by atoms with Crippen molar-refractivity contribution in [2.45, 2.75) is 50.6 Å². The quantitative estimate of drug-likeness (QED) is 0.272. The van der Waals surface area contributed by atoms with Gasteiger partial charge in [0.05, 0.1) is 0 Å². The minimum absolute atomic E-state index is 0.799. The third-order valence-corrected chi connectivity index (χ3v) is 10.3. The summed E-state index contributed by atoms with van der Waals surface area (Å²) in [7, 11) is 9.41. The van der Waals surface area contributed by atoms with Crippen molar-refractivity contribution >= 4 is 17.6 Å². The van der Waals surface area contributed by atoms with Gasteiger partial charge in [-0.15, -0.1) is 0 Å². The molecule has 0 bridgehead atoms. The number of rotatable bonds is 17. The molecule has 0 saturated heterocycles. The number of unbranched alkanes of at least 4 members (excludes halogenated alkanes) is 4. The fourth-order valence-corrected chi connectivity index (χ4v) is 6.24. The molecule has 0 aromatic rings.